The van der Waals surface area contributed by atoms with E-state index in [1.807, 2.05) is 6.92 Å². The molecule has 0 amide bonds. The van der Waals surface area contributed by atoms with Crippen molar-refractivity contribution in [1.82, 2.24) is 4.98 Å². The molecule has 0 unspecified atom stereocenters. The summed E-state index contributed by atoms with van der Waals surface area (Å²) in [6, 6.07) is 5.86. The fraction of sp³-hybridized carbons (Fsp3) is 0.143. The number of carbonyl (C=O) groups is 1. The van der Waals surface area contributed by atoms with Crippen LogP contribution in [0, 0.1) is 5.82 Å². The average molecular weight is 245 g/mol. The molecule has 4 heteroatoms. The second-order valence-corrected chi connectivity index (χ2v) is 3.69. The monoisotopic (exact) mass is 245 g/mol. The summed E-state index contributed by atoms with van der Waals surface area (Å²) in [4.78, 5) is 15.0. The van der Waals surface area contributed by atoms with Crippen LogP contribution in [0.2, 0.25) is 0 Å². The summed E-state index contributed by atoms with van der Waals surface area (Å²) >= 11 is 0. The third kappa shape index (κ3) is 2.53. The van der Waals surface area contributed by atoms with Crippen molar-refractivity contribution in [2.45, 2.75) is 6.92 Å². The summed E-state index contributed by atoms with van der Waals surface area (Å²) in [5.41, 5.74) is 1.66. The number of aldehydes is 1. The SMILES string of the molecule is CCOc1cncc(-c2ccc(F)cc2C=O)c1. The maximum atomic E-state index is 13.1. The molecule has 0 fully saturated rings. The summed E-state index contributed by atoms with van der Waals surface area (Å²) in [7, 11) is 0. The van der Waals surface area contributed by atoms with Crippen LogP contribution in [0.15, 0.2) is 36.7 Å². The molecule has 92 valence electrons. The first-order valence-corrected chi connectivity index (χ1v) is 5.57. The summed E-state index contributed by atoms with van der Waals surface area (Å²) in [6.45, 7) is 2.41. The zero-order valence-electron chi connectivity index (χ0n) is 9.89. The fourth-order valence-electron chi connectivity index (χ4n) is 1.71. The Kier molecular flexibility index (Phi) is 3.67. The molecule has 18 heavy (non-hydrogen) atoms. The molecule has 0 saturated heterocycles. The Labute approximate surface area is 104 Å². The lowest BCUT2D eigenvalue weighted by Crippen LogP contribution is -1.94. The predicted molar refractivity (Wildman–Crippen MR) is 66.2 cm³/mol. The highest BCUT2D eigenvalue weighted by Gasteiger charge is 2.07. The zero-order chi connectivity index (χ0) is 13.0. The van der Waals surface area contributed by atoms with Crippen molar-refractivity contribution in [3.8, 4) is 16.9 Å². The van der Waals surface area contributed by atoms with Gasteiger partial charge in [0.25, 0.3) is 0 Å². The number of hydrogen-bond donors (Lipinski definition) is 0. The van der Waals surface area contributed by atoms with Crippen molar-refractivity contribution >= 4 is 6.29 Å². The number of carbonyl (C=O) groups excluding carboxylic acids is 1. The van der Waals surface area contributed by atoms with Gasteiger partial charge in [-0.05, 0) is 30.7 Å². The van der Waals surface area contributed by atoms with Gasteiger partial charge in [-0.3, -0.25) is 9.78 Å². The third-order valence-electron chi connectivity index (χ3n) is 2.48. The number of rotatable bonds is 4. The second kappa shape index (κ2) is 5.40. The van der Waals surface area contributed by atoms with Crippen molar-refractivity contribution < 1.29 is 13.9 Å². The lowest BCUT2D eigenvalue weighted by molar-refractivity contribution is 0.112. The van der Waals surface area contributed by atoms with Gasteiger partial charge in [0.1, 0.15) is 11.6 Å². The van der Waals surface area contributed by atoms with E-state index in [2.05, 4.69) is 4.98 Å². The minimum Gasteiger partial charge on any atom is -0.492 e. The van der Waals surface area contributed by atoms with E-state index in [4.69, 9.17) is 4.74 Å². The van der Waals surface area contributed by atoms with Crippen molar-refractivity contribution in [3.63, 3.8) is 0 Å². The predicted octanol–water partition coefficient (Wildman–Crippen LogP) is 3.10. The van der Waals surface area contributed by atoms with Gasteiger partial charge in [0.15, 0.2) is 6.29 Å². The minimum absolute atomic E-state index is 0.297. The first-order chi connectivity index (χ1) is 8.74. The Hall–Kier alpha value is -2.23. The Morgan fingerprint density at radius 2 is 2.17 bits per heavy atom. The zero-order valence-corrected chi connectivity index (χ0v) is 9.89. The van der Waals surface area contributed by atoms with Crippen LogP contribution in [0.4, 0.5) is 4.39 Å². The number of halogens is 1. The highest BCUT2D eigenvalue weighted by Crippen LogP contribution is 2.25. The Morgan fingerprint density at radius 1 is 1.33 bits per heavy atom. The maximum Gasteiger partial charge on any atom is 0.150 e. The molecule has 2 aromatic rings. The number of nitrogens with zero attached hydrogens (tertiary/aromatic N) is 1. The molecule has 1 heterocycles. The first kappa shape index (κ1) is 12.2. The lowest BCUT2D eigenvalue weighted by Gasteiger charge is -2.07. The highest BCUT2D eigenvalue weighted by atomic mass is 19.1. The van der Waals surface area contributed by atoms with Gasteiger partial charge in [0.05, 0.1) is 12.8 Å². The second-order valence-electron chi connectivity index (χ2n) is 3.69. The molecule has 0 saturated carbocycles. The standard InChI is InChI=1S/C14H12FNO2/c1-2-18-13-6-10(7-16-8-13)14-4-3-12(15)5-11(14)9-17/h3-9H,2H2,1H3. The van der Waals surface area contributed by atoms with Crippen molar-refractivity contribution in [2.24, 2.45) is 0 Å². The van der Waals surface area contributed by atoms with Gasteiger partial charge in [0, 0.05) is 17.3 Å². The average Bonchev–Trinajstić information content (AvgIpc) is 2.39. The van der Waals surface area contributed by atoms with E-state index in [-0.39, 0.29) is 0 Å². The smallest absolute Gasteiger partial charge is 0.150 e. The quantitative estimate of drug-likeness (QED) is 0.777. The number of aromatic nitrogens is 1. The van der Waals surface area contributed by atoms with E-state index in [1.165, 1.54) is 12.1 Å². The molecule has 0 aliphatic heterocycles. The first-order valence-electron chi connectivity index (χ1n) is 5.57. The van der Waals surface area contributed by atoms with Gasteiger partial charge in [-0.15, -0.1) is 0 Å². The molecule has 2 rings (SSSR count). The van der Waals surface area contributed by atoms with Crippen LogP contribution in [-0.2, 0) is 0 Å². The molecule has 3 nitrogen and oxygen atoms in total. The van der Waals surface area contributed by atoms with Crippen LogP contribution < -0.4 is 4.74 Å². The van der Waals surface area contributed by atoms with Gasteiger partial charge in [-0.25, -0.2) is 4.39 Å². The van der Waals surface area contributed by atoms with Crippen molar-refractivity contribution in [2.75, 3.05) is 6.61 Å². The van der Waals surface area contributed by atoms with Gasteiger partial charge in [0.2, 0.25) is 0 Å². The molecular weight excluding hydrogens is 233 g/mol. The van der Waals surface area contributed by atoms with Crippen LogP contribution in [0.5, 0.6) is 5.75 Å². The molecule has 0 radical (unpaired) electrons. The van der Waals surface area contributed by atoms with E-state index >= 15 is 0 Å². The normalized spacial score (nSPS) is 10.1. The summed E-state index contributed by atoms with van der Waals surface area (Å²) in [5, 5.41) is 0. The largest absolute Gasteiger partial charge is 0.492 e. The Bertz CT molecular complexity index is 569. The molecule has 0 spiro atoms. The lowest BCUT2D eigenvalue weighted by atomic mass is 10.0. The van der Waals surface area contributed by atoms with Gasteiger partial charge in [-0.2, -0.15) is 0 Å². The molecule has 1 aromatic carbocycles. The van der Waals surface area contributed by atoms with E-state index in [0.717, 1.165) is 5.56 Å². The molecule has 0 atom stereocenters. The number of hydrogen-bond acceptors (Lipinski definition) is 3. The number of benzene rings is 1. The van der Waals surface area contributed by atoms with Crippen molar-refractivity contribution in [3.05, 3.63) is 48.0 Å². The molecular formula is C14H12FNO2. The molecule has 1 aromatic heterocycles. The fourth-order valence-corrected chi connectivity index (χ4v) is 1.71. The van der Waals surface area contributed by atoms with E-state index < -0.39 is 5.82 Å². The number of pyridine rings is 1. The molecule has 0 aliphatic carbocycles. The molecule has 0 N–H and O–H groups in total. The highest BCUT2D eigenvalue weighted by molar-refractivity contribution is 5.87. The molecule has 0 bridgehead atoms. The topological polar surface area (TPSA) is 39.2 Å². The minimum atomic E-state index is -0.435. The van der Waals surface area contributed by atoms with Crippen LogP contribution in [0.3, 0.4) is 0 Å². The summed E-state index contributed by atoms with van der Waals surface area (Å²) in [5.74, 6) is 0.186. The van der Waals surface area contributed by atoms with Crippen molar-refractivity contribution in [1.29, 1.82) is 0 Å². The van der Waals surface area contributed by atoms with Crippen LogP contribution in [-0.4, -0.2) is 17.9 Å². The van der Waals surface area contributed by atoms with Crippen LogP contribution >= 0.6 is 0 Å². The Morgan fingerprint density at radius 3 is 2.89 bits per heavy atom. The van der Waals surface area contributed by atoms with Crippen LogP contribution in [0.1, 0.15) is 17.3 Å². The van der Waals surface area contributed by atoms with Gasteiger partial charge >= 0.3 is 0 Å². The number of ether oxygens (including phenoxy) is 1. The molecule has 0 aliphatic rings. The van der Waals surface area contributed by atoms with Gasteiger partial charge < -0.3 is 4.74 Å². The van der Waals surface area contributed by atoms with Crippen LogP contribution in [0.25, 0.3) is 11.1 Å². The summed E-state index contributed by atoms with van der Waals surface area (Å²) < 4.78 is 18.4. The third-order valence-corrected chi connectivity index (χ3v) is 2.48. The summed E-state index contributed by atoms with van der Waals surface area (Å²) in [6.07, 6.45) is 3.84. The van der Waals surface area contributed by atoms with E-state index in [1.54, 1.807) is 24.5 Å². The Balaban J connectivity index is 2.47. The maximum absolute atomic E-state index is 13.1. The van der Waals surface area contributed by atoms with E-state index in [0.29, 0.717) is 29.8 Å². The van der Waals surface area contributed by atoms with Gasteiger partial charge in [-0.1, -0.05) is 6.07 Å². The van der Waals surface area contributed by atoms with E-state index in [9.17, 15) is 9.18 Å².